The maximum Gasteiger partial charge on any atom is 0.338 e. The molecule has 0 fully saturated rings. The van der Waals surface area contributed by atoms with Crippen LogP contribution in [0.2, 0.25) is 0 Å². The van der Waals surface area contributed by atoms with Crippen LogP contribution >= 0.6 is 0 Å². The molecular formula is C27H24O7. The average molecular weight is 460 g/mol. The van der Waals surface area contributed by atoms with Crippen LogP contribution in [0.4, 0.5) is 0 Å². The summed E-state index contributed by atoms with van der Waals surface area (Å²) in [5, 5.41) is 0. The van der Waals surface area contributed by atoms with E-state index < -0.39 is 23.7 Å². The fourth-order valence-corrected chi connectivity index (χ4v) is 2.40. The molecule has 7 heteroatoms. The SMILES string of the molecule is C=C(C)C(=O)Oc1cccc(/C=C/C(=O)c2cccc(OC(=O)C(=C)C)c2OC(=O)C(=C)C)c1. The first kappa shape index (κ1) is 25.7. The Balaban J connectivity index is 2.38. The third kappa shape index (κ3) is 7.00. The van der Waals surface area contributed by atoms with E-state index in [9.17, 15) is 19.2 Å². The van der Waals surface area contributed by atoms with Gasteiger partial charge in [-0.05, 0) is 56.7 Å². The number of rotatable bonds is 9. The van der Waals surface area contributed by atoms with Crippen LogP contribution in [0.25, 0.3) is 6.08 Å². The Morgan fingerprint density at radius 2 is 1.29 bits per heavy atom. The zero-order valence-corrected chi connectivity index (χ0v) is 19.2. The number of carbonyl (C=O) groups is 4. The molecule has 0 N–H and O–H groups in total. The van der Waals surface area contributed by atoms with Crippen molar-refractivity contribution in [2.75, 3.05) is 0 Å². The number of carbonyl (C=O) groups excluding carboxylic acids is 4. The zero-order valence-electron chi connectivity index (χ0n) is 19.2. The van der Waals surface area contributed by atoms with Gasteiger partial charge in [-0.2, -0.15) is 0 Å². The molecule has 0 aliphatic carbocycles. The third-order valence-corrected chi connectivity index (χ3v) is 4.18. The van der Waals surface area contributed by atoms with Crippen LogP contribution in [0.1, 0.15) is 36.7 Å². The topological polar surface area (TPSA) is 96.0 Å². The van der Waals surface area contributed by atoms with Crippen LogP contribution in [-0.2, 0) is 14.4 Å². The van der Waals surface area contributed by atoms with Gasteiger partial charge in [-0.15, -0.1) is 0 Å². The maximum absolute atomic E-state index is 13.0. The van der Waals surface area contributed by atoms with Crippen molar-refractivity contribution in [2.45, 2.75) is 20.8 Å². The Morgan fingerprint density at radius 1 is 0.735 bits per heavy atom. The average Bonchev–Trinajstić information content (AvgIpc) is 2.78. The van der Waals surface area contributed by atoms with E-state index in [1.165, 1.54) is 51.1 Å². The molecule has 0 atom stereocenters. The Morgan fingerprint density at radius 3 is 1.91 bits per heavy atom. The molecule has 2 rings (SSSR count). The second kappa shape index (κ2) is 11.4. The minimum absolute atomic E-state index is 0.0114. The van der Waals surface area contributed by atoms with Gasteiger partial charge in [0.05, 0.1) is 5.56 Å². The predicted octanol–water partition coefficient (Wildman–Crippen LogP) is 5.03. The number of ketones is 1. The highest BCUT2D eigenvalue weighted by Gasteiger charge is 2.21. The molecule has 0 aliphatic rings. The normalized spacial score (nSPS) is 10.3. The van der Waals surface area contributed by atoms with Crippen molar-refractivity contribution in [1.29, 1.82) is 0 Å². The number of esters is 3. The lowest BCUT2D eigenvalue weighted by molar-refractivity contribution is -0.132. The predicted molar refractivity (Wildman–Crippen MR) is 128 cm³/mol. The van der Waals surface area contributed by atoms with Gasteiger partial charge in [-0.3, -0.25) is 4.79 Å². The van der Waals surface area contributed by atoms with Gasteiger partial charge in [0.15, 0.2) is 17.3 Å². The maximum atomic E-state index is 13.0. The molecule has 174 valence electrons. The largest absolute Gasteiger partial charge is 0.423 e. The molecule has 2 aromatic rings. The first-order chi connectivity index (χ1) is 16.0. The molecule has 0 amide bonds. The zero-order chi connectivity index (χ0) is 25.4. The standard InChI is InChI=1S/C27H24O7/c1-16(2)25(29)32-20-10-7-9-19(15-20)13-14-22(28)21-11-8-12-23(33-26(30)17(3)4)24(21)34-27(31)18(5)6/h7-15H,1,3,5H2,2,4,6H3/b14-13+. The van der Waals surface area contributed by atoms with Crippen LogP contribution in [0, 0.1) is 0 Å². The van der Waals surface area contributed by atoms with E-state index in [0.717, 1.165) is 0 Å². The second-order valence-electron chi connectivity index (χ2n) is 7.41. The fraction of sp³-hybridized carbons (Fsp3) is 0.111. The second-order valence-corrected chi connectivity index (χ2v) is 7.41. The number of hydrogen-bond acceptors (Lipinski definition) is 7. The summed E-state index contributed by atoms with van der Waals surface area (Å²) in [5.41, 5.74) is 1.03. The van der Waals surface area contributed by atoms with Crippen LogP contribution < -0.4 is 14.2 Å². The van der Waals surface area contributed by atoms with Crippen LogP contribution in [-0.4, -0.2) is 23.7 Å². The van der Waals surface area contributed by atoms with Crippen LogP contribution in [0.3, 0.4) is 0 Å². The minimum Gasteiger partial charge on any atom is -0.423 e. The summed E-state index contributed by atoms with van der Waals surface area (Å²) in [6.45, 7) is 15.0. The molecule has 0 unspecified atom stereocenters. The molecule has 0 radical (unpaired) electrons. The molecule has 2 aromatic carbocycles. The number of para-hydroxylation sites is 1. The van der Waals surface area contributed by atoms with Gasteiger partial charge in [-0.25, -0.2) is 14.4 Å². The van der Waals surface area contributed by atoms with Gasteiger partial charge in [0.25, 0.3) is 0 Å². The van der Waals surface area contributed by atoms with Crippen molar-refractivity contribution in [3.05, 3.63) is 96.1 Å². The lowest BCUT2D eigenvalue weighted by Gasteiger charge is -2.13. The first-order valence-electron chi connectivity index (χ1n) is 10.1. The molecule has 0 saturated heterocycles. The fourth-order valence-electron chi connectivity index (χ4n) is 2.40. The van der Waals surface area contributed by atoms with E-state index in [-0.39, 0.29) is 39.5 Å². The number of benzene rings is 2. The van der Waals surface area contributed by atoms with E-state index >= 15 is 0 Å². The van der Waals surface area contributed by atoms with Gasteiger partial charge in [0, 0.05) is 16.7 Å². The molecule has 0 heterocycles. The van der Waals surface area contributed by atoms with Crippen molar-refractivity contribution in [3.8, 4) is 17.2 Å². The minimum atomic E-state index is -0.788. The lowest BCUT2D eigenvalue weighted by Crippen LogP contribution is -2.15. The molecule has 0 saturated carbocycles. The molecule has 7 nitrogen and oxygen atoms in total. The van der Waals surface area contributed by atoms with Crippen LogP contribution in [0.5, 0.6) is 17.2 Å². The monoisotopic (exact) mass is 460 g/mol. The summed E-state index contributed by atoms with van der Waals surface area (Å²) in [6, 6.07) is 10.8. The summed E-state index contributed by atoms with van der Waals surface area (Å²) in [5.74, 6) is -2.67. The van der Waals surface area contributed by atoms with Gasteiger partial charge < -0.3 is 14.2 Å². The summed E-state index contributed by atoms with van der Waals surface area (Å²) >= 11 is 0. The Labute approximate surface area is 197 Å². The molecule has 34 heavy (non-hydrogen) atoms. The number of ether oxygens (including phenoxy) is 3. The third-order valence-electron chi connectivity index (χ3n) is 4.18. The van der Waals surface area contributed by atoms with Gasteiger partial charge >= 0.3 is 17.9 Å². The number of hydrogen-bond donors (Lipinski definition) is 0. The molecule has 0 aliphatic heterocycles. The van der Waals surface area contributed by atoms with E-state index in [0.29, 0.717) is 5.56 Å². The van der Waals surface area contributed by atoms with E-state index in [4.69, 9.17) is 14.2 Å². The summed E-state index contributed by atoms with van der Waals surface area (Å²) < 4.78 is 15.7. The van der Waals surface area contributed by atoms with E-state index in [1.807, 2.05) is 0 Å². The lowest BCUT2D eigenvalue weighted by atomic mass is 10.1. The summed E-state index contributed by atoms with van der Waals surface area (Å²) in [4.78, 5) is 48.8. The van der Waals surface area contributed by atoms with Crippen molar-refractivity contribution >= 4 is 29.8 Å². The molecular weight excluding hydrogens is 436 g/mol. The number of allylic oxidation sites excluding steroid dienone is 1. The molecule has 0 spiro atoms. The van der Waals surface area contributed by atoms with Crippen LogP contribution in [0.15, 0.2) is 85.0 Å². The van der Waals surface area contributed by atoms with E-state index in [2.05, 4.69) is 19.7 Å². The summed E-state index contributed by atoms with van der Waals surface area (Å²) in [7, 11) is 0. The highest BCUT2D eigenvalue weighted by Crippen LogP contribution is 2.33. The highest BCUT2D eigenvalue weighted by atomic mass is 16.6. The van der Waals surface area contributed by atoms with Gasteiger partial charge in [0.2, 0.25) is 0 Å². The first-order valence-corrected chi connectivity index (χ1v) is 10.1. The highest BCUT2D eigenvalue weighted by molar-refractivity contribution is 6.10. The van der Waals surface area contributed by atoms with Crippen molar-refractivity contribution in [3.63, 3.8) is 0 Å². The Hall–Kier alpha value is -4.52. The van der Waals surface area contributed by atoms with Gasteiger partial charge in [-0.1, -0.05) is 44.0 Å². The van der Waals surface area contributed by atoms with Crippen molar-refractivity contribution < 1.29 is 33.4 Å². The van der Waals surface area contributed by atoms with Gasteiger partial charge in [0.1, 0.15) is 5.75 Å². The Kier molecular flexibility index (Phi) is 8.61. The van der Waals surface area contributed by atoms with Crippen molar-refractivity contribution in [1.82, 2.24) is 0 Å². The molecule has 0 bridgehead atoms. The quantitative estimate of drug-likeness (QED) is 0.224. The summed E-state index contributed by atoms with van der Waals surface area (Å²) in [6.07, 6.45) is 2.74. The van der Waals surface area contributed by atoms with E-state index in [1.54, 1.807) is 24.3 Å². The smallest absolute Gasteiger partial charge is 0.338 e. The Bertz CT molecular complexity index is 1230. The molecule has 0 aromatic heterocycles. The van der Waals surface area contributed by atoms with Crippen molar-refractivity contribution in [2.24, 2.45) is 0 Å².